The number of benzene rings is 1. The second-order valence-corrected chi connectivity index (χ2v) is 6.69. The quantitative estimate of drug-likeness (QED) is 0.758. The van der Waals surface area contributed by atoms with Crippen LogP contribution in [0, 0.1) is 18.6 Å². The molecule has 118 valence electrons. The maximum atomic E-state index is 13.1. The Morgan fingerprint density at radius 1 is 1.26 bits per heavy atom. The molecule has 0 aliphatic heterocycles. The second kappa shape index (κ2) is 6.55. The molecule has 0 saturated heterocycles. The number of halogens is 2. The lowest BCUT2D eigenvalue weighted by molar-refractivity contribution is 0.0954. The number of rotatable bonds is 4. The molecule has 3 aromatic rings. The van der Waals surface area contributed by atoms with Crippen molar-refractivity contribution in [1.29, 1.82) is 0 Å². The highest BCUT2D eigenvalue weighted by atomic mass is 32.1. The maximum Gasteiger partial charge on any atom is 0.263 e. The van der Waals surface area contributed by atoms with Gasteiger partial charge in [0.1, 0.15) is 21.5 Å². The molecule has 0 atom stereocenters. The predicted molar refractivity (Wildman–Crippen MR) is 87.7 cm³/mol. The van der Waals surface area contributed by atoms with E-state index in [1.54, 1.807) is 18.3 Å². The number of carbonyl (C=O) groups excluding carboxylic acids is 1. The van der Waals surface area contributed by atoms with Gasteiger partial charge >= 0.3 is 0 Å². The highest BCUT2D eigenvalue weighted by molar-refractivity contribution is 7.17. The monoisotopic (exact) mass is 350 g/mol. The fourth-order valence-electron chi connectivity index (χ4n) is 2.09. The van der Waals surface area contributed by atoms with E-state index in [0.717, 1.165) is 16.6 Å². The fourth-order valence-corrected chi connectivity index (χ4v) is 3.79. The Balaban J connectivity index is 1.73. The van der Waals surface area contributed by atoms with E-state index in [2.05, 4.69) is 10.3 Å². The lowest BCUT2D eigenvalue weighted by Crippen LogP contribution is -2.22. The molecule has 2 aromatic heterocycles. The lowest BCUT2D eigenvalue weighted by Gasteiger charge is -2.05. The van der Waals surface area contributed by atoms with Crippen LogP contribution in [0.25, 0.3) is 10.6 Å². The molecule has 3 rings (SSSR count). The molecule has 1 aromatic carbocycles. The summed E-state index contributed by atoms with van der Waals surface area (Å²) >= 11 is 2.87. The number of carbonyl (C=O) groups is 1. The van der Waals surface area contributed by atoms with Crippen LogP contribution in [-0.4, -0.2) is 10.9 Å². The molecule has 7 heteroatoms. The zero-order valence-electron chi connectivity index (χ0n) is 12.1. The van der Waals surface area contributed by atoms with Crippen molar-refractivity contribution in [3.63, 3.8) is 0 Å². The molecule has 0 fully saturated rings. The first-order valence-corrected chi connectivity index (χ1v) is 8.52. The minimum atomic E-state index is -0.664. The number of nitrogens with one attached hydrogen (secondary N) is 1. The largest absolute Gasteiger partial charge is 0.347 e. The number of nitrogens with zero attached hydrogens (tertiary/aromatic N) is 1. The molecule has 0 bridgehead atoms. The third kappa shape index (κ3) is 3.62. The van der Waals surface area contributed by atoms with E-state index in [4.69, 9.17) is 0 Å². The molecule has 23 heavy (non-hydrogen) atoms. The molecule has 3 nitrogen and oxygen atoms in total. The first-order chi connectivity index (χ1) is 11.0. The minimum Gasteiger partial charge on any atom is -0.347 e. The Morgan fingerprint density at radius 3 is 2.65 bits per heavy atom. The molecule has 0 radical (unpaired) electrons. The zero-order valence-corrected chi connectivity index (χ0v) is 13.7. The van der Waals surface area contributed by atoms with Crippen LogP contribution in [0.15, 0.2) is 35.0 Å². The van der Waals surface area contributed by atoms with Crippen LogP contribution in [0.2, 0.25) is 0 Å². The summed E-state index contributed by atoms with van der Waals surface area (Å²) < 4.78 is 26.3. The van der Waals surface area contributed by atoms with Crippen LogP contribution in [0.5, 0.6) is 0 Å². The molecule has 1 N–H and O–H groups in total. The SMILES string of the molecule is Cc1nc(-c2ccsc2)sc1C(=O)NCc1cc(F)cc(F)c1. The van der Waals surface area contributed by atoms with Gasteiger partial charge in [-0.25, -0.2) is 13.8 Å². The molecule has 0 spiro atoms. The molecule has 0 aliphatic carbocycles. The minimum absolute atomic E-state index is 0.0542. The zero-order chi connectivity index (χ0) is 16.4. The van der Waals surface area contributed by atoms with Gasteiger partial charge in [0, 0.05) is 23.6 Å². The Kier molecular flexibility index (Phi) is 4.49. The summed E-state index contributed by atoms with van der Waals surface area (Å²) in [5.74, 6) is -1.63. The average molecular weight is 350 g/mol. The van der Waals surface area contributed by atoms with Crippen molar-refractivity contribution in [1.82, 2.24) is 10.3 Å². The molecule has 1 amide bonds. The van der Waals surface area contributed by atoms with E-state index >= 15 is 0 Å². The van der Waals surface area contributed by atoms with Gasteiger partial charge in [0.25, 0.3) is 5.91 Å². The summed E-state index contributed by atoms with van der Waals surface area (Å²) in [4.78, 5) is 17.2. The molecule has 0 unspecified atom stereocenters. The molecule has 0 saturated carbocycles. The van der Waals surface area contributed by atoms with E-state index < -0.39 is 11.6 Å². The summed E-state index contributed by atoms with van der Waals surface area (Å²) in [5.41, 5.74) is 1.99. The average Bonchev–Trinajstić information content (AvgIpc) is 3.13. The number of hydrogen-bond donors (Lipinski definition) is 1. The van der Waals surface area contributed by atoms with E-state index in [1.807, 2.05) is 16.8 Å². The Morgan fingerprint density at radius 2 is 2.00 bits per heavy atom. The van der Waals surface area contributed by atoms with Crippen LogP contribution < -0.4 is 5.32 Å². The van der Waals surface area contributed by atoms with Crippen molar-refractivity contribution in [3.8, 4) is 10.6 Å². The van der Waals surface area contributed by atoms with Gasteiger partial charge in [0.05, 0.1) is 5.69 Å². The Hall–Kier alpha value is -2.12. The maximum absolute atomic E-state index is 13.1. The standard InChI is InChI=1S/C16H12F2N2OS2/c1-9-14(23-16(20-9)11-2-3-22-8-11)15(21)19-7-10-4-12(17)6-13(18)5-10/h2-6,8H,7H2,1H3,(H,19,21). The number of aromatic nitrogens is 1. The first kappa shape index (κ1) is 15.8. The van der Waals surface area contributed by atoms with E-state index in [1.165, 1.54) is 23.5 Å². The second-order valence-electron chi connectivity index (χ2n) is 4.91. The van der Waals surface area contributed by atoms with Crippen LogP contribution >= 0.6 is 22.7 Å². The number of amides is 1. The van der Waals surface area contributed by atoms with Crippen LogP contribution in [0.3, 0.4) is 0 Å². The van der Waals surface area contributed by atoms with Crippen molar-refractivity contribution in [2.75, 3.05) is 0 Å². The third-order valence-corrected chi connectivity index (χ3v) is 5.03. The summed E-state index contributed by atoms with van der Waals surface area (Å²) in [6.07, 6.45) is 0. The summed E-state index contributed by atoms with van der Waals surface area (Å²) in [7, 11) is 0. The molecular formula is C16H12F2N2OS2. The topological polar surface area (TPSA) is 42.0 Å². The van der Waals surface area contributed by atoms with Crippen LogP contribution in [0.1, 0.15) is 20.9 Å². The Labute approximate surface area is 139 Å². The highest BCUT2D eigenvalue weighted by Gasteiger charge is 2.16. The van der Waals surface area contributed by atoms with Crippen molar-refractivity contribution >= 4 is 28.6 Å². The van der Waals surface area contributed by atoms with Gasteiger partial charge in [-0.3, -0.25) is 4.79 Å². The van der Waals surface area contributed by atoms with Gasteiger partial charge < -0.3 is 5.32 Å². The van der Waals surface area contributed by atoms with Gasteiger partial charge in [-0.2, -0.15) is 11.3 Å². The summed E-state index contributed by atoms with van der Waals surface area (Å²) in [6.45, 7) is 1.82. The number of thiophene rings is 1. The van der Waals surface area contributed by atoms with Crippen LogP contribution in [0.4, 0.5) is 8.78 Å². The Bertz CT molecular complexity index is 824. The van der Waals surface area contributed by atoms with E-state index in [-0.39, 0.29) is 12.5 Å². The van der Waals surface area contributed by atoms with Crippen molar-refractivity contribution in [2.24, 2.45) is 0 Å². The van der Waals surface area contributed by atoms with Gasteiger partial charge in [-0.1, -0.05) is 0 Å². The van der Waals surface area contributed by atoms with Gasteiger partial charge in [0.15, 0.2) is 0 Å². The number of aryl methyl sites for hydroxylation is 1. The van der Waals surface area contributed by atoms with Crippen molar-refractivity contribution in [2.45, 2.75) is 13.5 Å². The highest BCUT2D eigenvalue weighted by Crippen LogP contribution is 2.29. The number of hydrogen-bond acceptors (Lipinski definition) is 4. The summed E-state index contributed by atoms with van der Waals surface area (Å²) in [6, 6.07) is 5.13. The lowest BCUT2D eigenvalue weighted by atomic mass is 10.2. The smallest absolute Gasteiger partial charge is 0.263 e. The number of thiazole rings is 1. The predicted octanol–water partition coefficient (Wildman–Crippen LogP) is 4.39. The fraction of sp³-hybridized carbons (Fsp3) is 0.125. The van der Waals surface area contributed by atoms with Crippen molar-refractivity contribution < 1.29 is 13.6 Å². The van der Waals surface area contributed by atoms with E-state index in [9.17, 15) is 13.6 Å². The third-order valence-electron chi connectivity index (χ3n) is 3.15. The molecular weight excluding hydrogens is 338 g/mol. The normalized spacial score (nSPS) is 10.7. The van der Waals surface area contributed by atoms with Gasteiger partial charge in [-0.15, -0.1) is 11.3 Å². The van der Waals surface area contributed by atoms with Gasteiger partial charge in [-0.05, 0) is 36.1 Å². The molecule has 2 heterocycles. The molecule has 0 aliphatic rings. The van der Waals surface area contributed by atoms with Gasteiger partial charge in [0.2, 0.25) is 0 Å². The van der Waals surface area contributed by atoms with Crippen molar-refractivity contribution in [3.05, 3.63) is 62.8 Å². The first-order valence-electron chi connectivity index (χ1n) is 6.76. The summed E-state index contributed by atoms with van der Waals surface area (Å²) in [5, 5.41) is 7.37. The van der Waals surface area contributed by atoms with E-state index in [0.29, 0.717) is 16.1 Å². The van der Waals surface area contributed by atoms with Crippen LogP contribution in [-0.2, 0) is 6.54 Å².